The summed E-state index contributed by atoms with van der Waals surface area (Å²) in [6, 6.07) is 7.92. The average molecular weight is 544 g/mol. The van der Waals surface area contributed by atoms with Crippen LogP contribution in [0, 0.1) is 10.1 Å². The molecule has 0 bridgehead atoms. The van der Waals surface area contributed by atoms with Crippen molar-refractivity contribution in [1.82, 2.24) is 16.1 Å². The fraction of sp³-hybridized carbons (Fsp3) is 0.320. The number of nitro groups is 1. The van der Waals surface area contributed by atoms with E-state index in [2.05, 4.69) is 21.2 Å². The summed E-state index contributed by atoms with van der Waals surface area (Å²) in [5.74, 6) is 0.148. The number of allylic oxidation sites excluding steroid dienone is 1. The lowest BCUT2D eigenvalue weighted by molar-refractivity contribution is -0.385. The van der Waals surface area contributed by atoms with E-state index in [9.17, 15) is 24.8 Å². The number of carbonyl (C=O) groups is 2. The molecule has 39 heavy (non-hydrogen) atoms. The predicted octanol–water partition coefficient (Wildman–Crippen LogP) is 2.12. The Labute approximate surface area is 223 Å². The van der Waals surface area contributed by atoms with Gasteiger partial charge in [0.2, 0.25) is 0 Å². The van der Waals surface area contributed by atoms with Crippen LogP contribution in [-0.2, 0) is 9.53 Å². The average Bonchev–Trinajstić information content (AvgIpc) is 2.91. The first-order chi connectivity index (χ1) is 18.7. The number of nitrogens with zero attached hydrogens (tertiary/aromatic N) is 2. The van der Waals surface area contributed by atoms with Gasteiger partial charge < -0.3 is 34.7 Å². The van der Waals surface area contributed by atoms with Crippen LogP contribution >= 0.6 is 0 Å². The van der Waals surface area contributed by atoms with Gasteiger partial charge in [0.05, 0.1) is 43.6 Å². The third kappa shape index (κ3) is 7.13. The van der Waals surface area contributed by atoms with E-state index < -0.39 is 29.2 Å². The standard InChI is InChI=1S/C25H29N5O9/c1-5-38-20-11-16(23-22(24(32)37-4)14(2)27-25(33)28-23)7-9-19(20)39-13-21(31)29-26-12-15-6-8-18(36-3)17(10-15)30(34)35/h6-12,21,23,29,31H,5,13H2,1-4H3,(H2,27,28,33)/b26-12-/t21-,23-/m0/s1. The van der Waals surface area contributed by atoms with Crippen LogP contribution in [0.15, 0.2) is 52.8 Å². The number of amides is 2. The van der Waals surface area contributed by atoms with Gasteiger partial charge in [-0.05, 0) is 43.7 Å². The van der Waals surface area contributed by atoms with Crippen molar-refractivity contribution in [3.63, 3.8) is 0 Å². The van der Waals surface area contributed by atoms with E-state index in [1.54, 1.807) is 38.1 Å². The van der Waals surface area contributed by atoms with Gasteiger partial charge in [0.1, 0.15) is 6.61 Å². The maximum atomic E-state index is 12.4. The molecule has 0 aromatic heterocycles. The molecule has 2 atom stereocenters. The highest BCUT2D eigenvalue weighted by molar-refractivity contribution is 5.95. The minimum atomic E-state index is -1.23. The zero-order chi connectivity index (χ0) is 28.5. The molecule has 3 rings (SSSR count). The third-order valence-electron chi connectivity index (χ3n) is 5.51. The monoisotopic (exact) mass is 543 g/mol. The maximum Gasteiger partial charge on any atom is 0.337 e. The number of aliphatic hydroxyl groups excluding tert-OH is 1. The van der Waals surface area contributed by atoms with Crippen molar-refractivity contribution in [1.29, 1.82) is 0 Å². The molecule has 0 spiro atoms. The Morgan fingerprint density at radius 1 is 1.21 bits per heavy atom. The first-order valence-corrected chi connectivity index (χ1v) is 11.7. The Balaban J connectivity index is 1.70. The Hall–Kier alpha value is -4.85. The van der Waals surface area contributed by atoms with E-state index in [0.29, 0.717) is 34.9 Å². The molecular formula is C25H29N5O9. The number of esters is 1. The lowest BCUT2D eigenvalue weighted by Crippen LogP contribution is -2.45. The summed E-state index contributed by atoms with van der Waals surface area (Å²) >= 11 is 0. The molecule has 2 aromatic rings. The fourth-order valence-electron chi connectivity index (χ4n) is 3.75. The van der Waals surface area contributed by atoms with Gasteiger partial charge in [-0.1, -0.05) is 6.07 Å². The predicted molar refractivity (Wildman–Crippen MR) is 139 cm³/mol. The highest BCUT2D eigenvalue weighted by Gasteiger charge is 2.32. The molecule has 4 N–H and O–H groups in total. The van der Waals surface area contributed by atoms with Gasteiger partial charge in [0, 0.05) is 17.3 Å². The molecule has 0 unspecified atom stereocenters. The van der Waals surface area contributed by atoms with Crippen LogP contribution in [0.3, 0.4) is 0 Å². The quantitative estimate of drug-likeness (QED) is 0.102. The summed E-state index contributed by atoms with van der Waals surface area (Å²) < 4.78 is 21.2. The topological polar surface area (TPSA) is 183 Å². The van der Waals surface area contributed by atoms with Gasteiger partial charge in [0.25, 0.3) is 0 Å². The van der Waals surface area contributed by atoms with Crippen molar-refractivity contribution in [2.45, 2.75) is 26.1 Å². The molecule has 2 amide bonds. The molecule has 14 heteroatoms. The summed E-state index contributed by atoms with van der Waals surface area (Å²) in [7, 11) is 2.59. The molecule has 0 saturated carbocycles. The first kappa shape index (κ1) is 28.7. The van der Waals surface area contributed by atoms with Gasteiger partial charge in [-0.25, -0.2) is 9.59 Å². The molecule has 0 radical (unpaired) electrons. The van der Waals surface area contributed by atoms with Crippen molar-refractivity contribution in [3.05, 3.63) is 68.9 Å². The highest BCUT2D eigenvalue weighted by Crippen LogP contribution is 2.35. The van der Waals surface area contributed by atoms with Crippen molar-refractivity contribution in [3.8, 4) is 17.2 Å². The summed E-state index contributed by atoms with van der Waals surface area (Å²) in [5, 5.41) is 30.6. The Morgan fingerprint density at radius 2 is 1.95 bits per heavy atom. The zero-order valence-corrected chi connectivity index (χ0v) is 21.7. The number of ether oxygens (including phenoxy) is 4. The normalized spacial score (nSPS) is 15.7. The second-order valence-corrected chi connectivity index (χ2v) is 8.10. The molecule has 14 nitrogen and oxygen atoms in total. The van der Waals surface area contributed by atoms with Crippen LogP contribution in [0.2, 0.25) is 0 Å². The molecule has 2 aromatic carbocycles. The lowest BCUT2D eigenvalue weighted by atomic mass is 9.95. The van der Waals surface area contributed by atoms with Gasteiger partial charge in [-0.15, -0.1) is 0 Å². The largest absolute Gasteiger partial charge is 0.490 e. The fourth-order valence-corrected chi connectivity index (χ4v) is 3.75. The number of rotatable bonds is 12. The number of hydrazone groups is 1. The number of benzene rings is 2. The van der Waals surface area contributed by atoms with Gasteiger partial charge in [0.15, 0.2) is 23.5 Å². The number of hydrogen-bond donors (Lipinski definition) is 4. The number of nitro benzene ring substituents is 1. The van der Waals surface area contributed by atoms with Crippen LogP contribution < -0.4 is 30.3 Å². The summed E-state index contributed by atoms with van der Waals surface area (Å²) in [5.41, 5.74) is 3.84. The van der Waals surface area contributed by atoms with Crippen LogP contribution in [0.1, 0.15) is 31.0 Å². The molecule has 1 aliphatic heterocycles. The number of aliphatic hydroxyl groups is 1. The minimum Gasteiger partial charge on any atom is -0.490 e. The molecule has 0 saturated heterocycles. The van der Waals surface area contributed by atoms with E-state index in [1.807, 2.05) is 0 Å². The number of nitrogens with one attached hydrogen (secondary N) is 3. The molecule has 1 heterocycles. The van der Waals surface area contributed by atoms with Gasteiger partial charge in [-0.2, -0.15) is 5.10 Å². The third-order valence-corrected chi connectivity index (χ3v) is 5.51. The second-order valence-electron chi connectivity index (χ2n) is 8.10. The van der Waals surface area contributed by atoms with E-state index in [4.69, 9.17) is 18.9 Å². The molecule has 208 valence electrons. The minimum absolute atomic E-state index is 0.116. The van der Waals surface area contributed by atoms with Crippen LogP contribution in [0.5, 0.6) is 17.2 Å². The number of hydrogen-bond acceptors (Lipinski definition) is 11. The van der Waals surface area contributed by atoms with Crippen molar-refractivity contribution in [2.24, 2.45) is 5.10 Å². The molecule has 1 aliphatic rings. The smallest absolute Gasteiger partial charge is 0.337 e. The molecular weight excluding hydrogens is 514 g/mol. The number of methoxy groups -OCH3 is 2. The van der Waals surface area contributed by atoms with Crippen LogP contribution in [0.4, 0.5) is 10.5 Å². The second kappa shape index (κ2) is 13.1. The van der Waals surface area contributed by atoms with Crippen molar-refractivity contribution in [2.75, 3.05) is 27.4 Å². The van der Waals surface area contributed by atoms with E-state index in [1.165, 1.54) is 32.6 Å². The SMILES string of the molecule is CCOc1cc([C@@H]2NC(=O)NC(C)=C2C(=O)OC)ccc1OC[C@H](O)N/N=C\c1ccc(OC)c([N+](=O)[O-])c1. The number of urea groups is 1. The van der Waals surface area contributed by atoms with Crippen molar-refractivity contribution < 1.29 is 38.6 Å². The lowest BCUT2D eigenvalue weighted by Gasteiger charge is -2.28. The van der Waals surface area contributed by atoms with E-state index in [0.717, 1.165) is 0 Å². The zero-order valence-electron chi connectivity index (χ0n) is 21.7. The van der Waals surface area contributed by atoms with Crippen molar-refractivity contribution >= 4 is 23.9 Å². The molecule has 0 aliphatic carbocycles. The van der Waals surface area contributed by atoms with E-state index in [-0.39, 0.29) is 23.6 Å². The summed E-state index contributed by atoms with van der Waals surface area (Å²) in [6.07, 6.45) is 0.0708. The highest BCUT2D eigenvalue weighted by atomic mass is 16.6. The summed E-state index contributed by atoms with van der Waals surface area (Å²) in [4.78, 5) is 35.0. The first-order valence-electron chi connectivity index (χ1n) is 11.7. The van der Waals surface area contributed by atoms with E-state index >= 15 is 0 Å². The van der Waals surface area contributed by atoms with Gasteiger partial charge >= 0.3 is 17.7 Å². The van der Waals surface area contributed by atoms with Gasteiger partial charge in [-0.3, -0.25) is 15.5 Å². The molecule has 0 fully saturated rings. The Bertz CT molecular complexity index is 1290. The van der Waals surface area contributed by atoms with Crippen LogP contribution in [-0.4, -0.2) is 61.9 Å². The Morgan fingerprint density at radius 3 is 2.62 bits per heavy atom. The maximum absolute atomic E-state index is 12.4. The Kier molecular flexibility index (Phi) is 9.64. The van der Waals surface area contributed by atoms with Crippen LogP contribution in [0.25, 0.3) is 0 Å². The summed E-state index contributed by atoms with van der Waals surface area (Å²) in [6.45, 7) is 3.46. The number of carbonyl (C=O) groups excluding carboxylic acids is 2.